The summed E-state index contributed by atoms with van der Waals surface area (Å²) < 4.78 is 0. The normalized spacial score (nSPS) is 25.5. The van der Waals surface area contributed by atoms with Crippen molar-refractivity contribution < 1.29 is 68.9 Å². The molecule has 0 radical (unpaired) electrons. The van der Waals surface area contributed by atoms with Gasteiger partial charge in [0.05, 0.1) is 0 Å². The number of rotatable bonds is 2. The second-order valence-corrected chi connectivity index (χ2v) is 2.91. The summed E-state index contributed by atoms with van der Waals surface area (Å²) in [6.45, 7) is 1.07. The zero-order chi connectivity index (χ0) is 6.53. The third-order valence-electron chi connectivity index (χ3n) is 1.78. The van der Waals surface area contributed by atoms with Gasteiger partial charge in [0.1, 0.15) is 0 Å². The first-order chi connectivity index (χ1) is 4.43. The zero-order valence-electron chi connectivity index (χ0n) is 6.65. The van der Waals surface area contributed by atoms with Gasteiger partial charge in [-0.25, -0.2) is 0 Å². The molecule has 1 atom stereocenters. The molecular formula is C7H13ClCsN. The van der Waals surface area contributed by atoms with E-state index in [-0.39, 0.29) is 68.9 Å². The molecule has 0 aliphatic carbocycles. The van der Waals surface area contributed by atoms with E-state index in [1.807, 2.05) is 0 Å². The molecule has 0 aromatic rings. The Morgan fingerprint density at radius 3 is 2.70 bits per heavy atom. The van der Waals surface area contributed by atoms with E-state index < -0.39 is 0 Å². The van der Waals surface area contributed by atoms with Crippen molar-refractivity contribution in [3.05, 3.63) is 5.32 Å². The van der Waals surface area contributed by atoms with E-state index in [0.29, 0.717) is 6.04 Å². The van der Waals surface area contributed by atoms with E-state index in [1.54, 1.807) is 0 Å². The van der Waals surface area contributed by atoms with Crippen molar-refractivity contribution in [1.29, 1.82) is 0 Å². The molecule has 0 spiro atoms. The van der Waals surface area contributed by atoms with Gasteiger partial charge in [0.2, 0.25) is 0 Å². The van der Waals surface area contributed by atoms with Crippen molar-refractivity contribution in [3.63, 3.8) is 0 Å². The summed E-state index contributed by atoms with van der Waals surface area (Å²) in [5, 5.41) is 4.43. The van der Waals surface area contributed by atoms with Crippen LogP contribution in [0.4, 0.5) is 0 Å². The molecule has 0 N–H and O–H groups in total. The molecular weight excluding hydrogens is 266 g/mol. The van der Waals surface area contributed by atoms with E-state index in [9.17, 15) is 0 Å². The van der Waals surface area contributed by atoms with Crippen LogP contribution in [-0.2, 0) is 0 Å². The van der Waals surface area contributed by atoms with Crippen LogP contribution in [0.1, 0.15) is 25.7 Å². The van der Waals surface area contributed by atoms with Crippen LogP contribution in [0.25, 0.3) is 5.32 Å². The van der Waals surface area contributed by atoms with Crippen LogP contribution < -0.4 is 68.9 Å². The molecule has 0 bridgehead atoms. The van der Waals surface area contributed by atoms with Crippen molar-refractivity contribution in [3.8, 4) is 0 Å². The molecule has 3 heteroatoms. The molecule has 1 rings (SSSR count). The number of hydrogen-bond acceptors (Lipinski definition) is 0. The van der Waals surface area contributed by atoms with Crippen molar-refractivity contribution in [2.24, 2.45) is 0 Å². The minimum absolute atomic E-state index is 0. The molecule has 1 unspecified atom stereocenters. The van der Waals surface area contributed by atoms with Crippen LogP contribution >= 0.6 is 11.6 Å². The second kappa shape index (κ2) is 7.93. The van der Waals surface area contributed by atoms with Crippen LogP contribution in [0.2, 0.25) is 0 Å². The molecule has 1 nitrogen and oxygen atoms in total. The summed E-state index contributed by atoms with van der Waals surface area (Å²) in [4.78, 5) is 0. The number of nitrogens with zero attached hydrogens (tertiary/aromatic N) is 1. The van der Waals surface area contributed by atoms with E-state index in [2.05, 4.69) is 5.32 Å². The van der Waals surface area contributed by atoms with Crippen LogP contribution in [0.5, 0.6) is 0 Å². The second-order valence-electron chi connectivity index (χ2n) is 2.53. The van der Waals surface area contributed by atoms with Gasteiger partial charge in [-0.1, -0.05) is 25.7 Å². The maximum Gasteiger partial charge on any atom is 1.00 e. The molecule has 0 aromatic heterocycles. The summed E-state index contributed by atoms with van der Waals surface area (Å²) in [5.41, 5.74) is 0. The van der Waals surface area contributed by atoms with Crippen molar-refractivity contribution in [2.45, 2.75) is 31.7 Å². The quantitative estimate of drug-likeness (QED) is 0.608. The monoisotopic (exact) mass is 279 g/mol. The van der Waals surface area contributed by atoms with Crippen molar-refractivity contribution in [2.75, 3.05) is 12.4 Å². The van der Waals surface area contributed by atoms with Crippen molar-refractivity contribution in [1.82, 2.24) is 0 Å². The largest absolute Gasteiger partial charge is 1.00 e. The minimum Gasteiger partial charge on any atom is -0.659 e. The third-order valence-corrected chi connectivity index (χ3v) is 1.99. The van der Waals surface area contributed by atoms with Gasteiger partial charge in [-0.3, -0.25) is 0 Å². The predicted molar refractivity (Wildman–Crippen MR) is 41.2 cm³/mol. The molecule has 0 aromatic carbocycles. The van der Waals surface area contributed by atoms with Crippen LogP contribution in [0.15, 0.2) is 0 Å². The standard InChI is InChI=1S/C7H13ClN.Cs/c8-5-4-7-3-1-2-6-9-7;/h7H,1-6H2;/q-1;+1. The number of piperidine rings is 1. The van der Waals surface area contributed by atoms with Crippen LogP contribution in [0, 0.1) is 0 Å². The fraction of sp³-hybridized carbons (Fsp3) is 1.00. The minimum atomic E-state index is 0. The van der Waals surface area contributed by atoms with Gasteiger partial charge in [0.15, 0.2) is 0 Å². The van der Waals surface area contributed by atoms with Crippen molar-refractivity contribution >= 4 is 11.6 Å². The number of halogens is 1. The first-order valence-corrected chi connectivity index (χ1v) is 4.19. The average molecular weight is 280 g/mol. The van der Waals surface area contributed by atoms with Gasteiger partial charge in [-0.05, 0) is 0 Å². The summed E-state index contributed by atoms with van der Waals surface area (Å²) in [6.07, 6.45) is 5.00. The predicted octanol–water partition coefficient (Wildman–Crippen LogP) is -0.455. The van der Waals surface area contributed by atoms with E-state index in [0.717, 1.165) is 18.8 Å². The van der Waals surface area contributed by atoms with Gasteiger partial charge in [0.25, 0.3) is 0 Å². The first kappa shape index (κ1) is 12.3. The molecule has 54 valence electrons. The Balaban J connectivity index is 0.000000810. The van der Waals surface area contributed by atoms with E-state index in [4.69, 9.17) is 11.6 Å². The molecule has 1 aliphatic rings. The van der Waals surface area contributed by atoms with Gasteiger partial charge in [-0.2, -0.15) is 0 Å². The smallest absolute Gasteiger partial charge is 0.659 e. The summed E-state index contributed by atoms with van der Waals surface area (Å²) >= 11 is 5.57. The molecule has 1 aliphatic heterocycles. The first-order valence-electron chi connectivity index (χ1n) is 3.66. The Bertz CT molecular complexity index is 71.3. The number of alkyl halides is 1. The zero-order valence-corrected chi connectivity index (χ0v) is 13.7. The van der Waals surface area contributed by atoms with Crippen LogP contribution in [-0.4, -0.2) is 18.5 Å². The maximum absolute atomic E-state index is 5.57. The molecule has 0 saturated carbocycles. The van der Waals surface area contributed by atoms with Gasteiger partial charge < -0.3 is 5.32 Å². The van der Waals surface area contributed by atoms with Gasteiger partial charge in [-0.15, -0.1) is 24.2 Å². The molecule has 1 saturated heterocycles. The average Bonchev–Trinajstić information content (AvgIpc) is 1.91. The fourth-order valence-electron chi connectivity index (χ4n) is 1.22. The molecule has 1 heterocycles. The summed E-state index contributed by atoms with van der Waals surface area (Å²) in [7, 11) is 0. The third kappa shape index (κ3) is 5.04. The maximum atomic E-state index is 5.57. The Morgan fingerprint density at radius 2 is 2.20 bits per heavy atom. The van der Waals surface area contributed by atoms with Gasteiger partial charge in [0, 0.05) is 5.88 Å². The Kier molecular flexibility index (Phi) is 9.75. The van der Waals surface area contributed by atoms with E-state index >= 15 is 0 Å². The topological polar surface area (TPSA) is 14.1 Å². The molecule has 10 heavy (non-hydrogen) atoms. The summed E-state index contributed by atoms with van der Waals surface area (Å²) in [6, 6.07) is 0.594. The summed E-state index contributed by atoms with van der Waals surface area (Å²) in [5.74, 6) is 0.772. The van der Waals surface area contributed by atoms with Gasteiger partial charge >= 0.3 is 68.9 Å². The Hall–Kier alpha value is 2.30. The fourth-order valence-corrected chi connectivity index (χ4v) is 1.47. The SMILES string of the molecule is ClCCC1CCCC[N-]1.[Cs+]. The van der Waals surface area contributed by atoms with E-state index in [1.165, 1.54) is 19.3 Å². The Morgan fingerprint density at radius 1 is 1.40 bits per heavy atom. The Labute approximate surface area is 127 Å². The number of hydrogen-bond donors (Lipinski definition) is 0. The van der Waals surface area contributed by atoms with Crippen LogP contribution in [0.3, 0.4) is 0 Å². The molecule has 0 amide bonds. The molecule has 1 fully saturated rings.